The quantitative estimate of drug-likeness (QED) is 0.795. The normalized spacial score (nSPS) is 10.6. The number of hydrogen-bond donors (Lipinski definition) is 2. The first-order chi connectivity index (χ1) is 10.2. The maximum Gasteiger partial charge on any atom is 0.239 e. The number of aliphatic hydroxyl groups is 1. The van der Waals surface area contributed by atoms with Crippen molar-refractivity contribution in [3.63, 3.8) is 0 Å². The van der Waals surface area contributed by atoms with E-state index in [0.29, 0.717) is 22.2 Å². The van der Waals surface area contributed by atoms with Crippen LogP contribution in [0.15, 0.2) is 35.6 Å². The van der Waals surface area contributed by atoms with Gasteiger partial charge in [0.15, 0.2) is 5.16 Å². The zero-order valence-corrected chi connectivity index (χ0v) is 12.4. The van der Waals surface area contributed by atoms with Crippen LogP contribution in [-0.4, -0.2) is 27.6 Å². The van der Waals surface area contributed by atoms with Gasteiger partial charge in [0.05, 0.1) is 18.5 Å². The van der Waals surface area contributed by atoms with Crippen LogP contribution in [0.25, 0.3) is 0 Å². The molecule has 0 saturated heterocycles. The Morgan fingerprint density at radius 2 is 2.24 bits per heavy atom. The molecule has 1 aromatic heterocycles. The largest absolute Gasteiger partial charge is 0.390 e. The first-order valence-corrected chi connectivity index (χ1v) is 7.36. The van der Waals surface area contributed by atoms with Gasteiger partial charge in [-0.15, -0.1) is 0 Å². The number of thioether (sulfide) groups is 1. The third kappa shape index (κ3) is 3.83. The van der Waals surface area contributed by atoms with Crippen molar-refractivity contribution in [3.8, 4) is 0 Å². The molecule has 0 aliphatic heterocycles. The van der Waals surface area contributed by atoms with Crippen LogP contribution in [-0.2, 0) is 23.7 Å². The Morgan fingerprint density at radius 3 is 2.90 bits per heavy atom. The molecule has 0 atom stereocenters. The molecule has 0 aliphatic rings. The molecule has 2 N–H and O–H groups in total. The fourth-order valence-electron chi connectivity index (χ4n) is 1.78. The second-order valence-electron chi connectivity index (χ2n) is 4.33. The van der Waals surface area contributed by atoms with E-state index in [0.717, 1.165) is 0 Å². The highest BCUT2D eigenvalue weighted by Crippen LogP contribution is 2.24. The number of aliphatic hydroxyl groups excluding tert-OH is 1. The van der Waals surface area contributed by atoms with Crippen molar-refractivity contribution >= 4 is 17.7 Å². The number of rotatable bonds is 6. The van der Waals surface area contributed by atoms with Gasteiger partial charge in [-0.2, -0.15) is 0 Å². The molecule has 1 amide bonds. The van der Waals surface area contributed by atoms with Gasteiger partial charge in [-0.3, -0.25) is 4.79 Å². The summed E-state index contributed by atoms with van der Waals surface area (Å²) in [6.45, 7) is -0.129. The fourth-order valence-corrected chi connectivity index (χ4v) is 2.77. The summed E-state index contributed by atoms with van der Waals surface area (Å²) < 4.78 is 15.2. The number of amides is 1. The van der Waals surface area contributed by atoms with Gasteiger partial charge in [0.25, 0.3) is 0 Å². The molecule has 21 heavy (non-hydrogen) atoms. The van der Waals surface area contributed by atoms with Gasteiger partial charge >= 0.3 is 0 Å². The number of aromatic nitrogens is 2. The zero-order chi connectivity index (χ0) is 15.2. The van der Waals surface area contributed by atoms with Crippen molar-refractivity contribution in [2.24, 2.45) is 0 Å². The highest BCUT2D eigenvalue weighted by molar-refractivity contribution is 7.98. The summed E-state index contributed by atoms with van der Waals surface area (Å²) in [7, 11) is 1.55. The summed E-state index contributed by atoms with van der Waals surface area (Å²) in [5.41, 5.74) is 1.12. The predicted molar refractivity (Wildman–Crippen MR) is 78.2 cm³/mol. The van der Waals surface area contributed by atoms with E-state index in [1.54, 1.807) is 29.8 Å². The van der Waals surface area contributed by atoms with Crippen LogP contribution in [0.3, 0.4) is 0 Å². The molecule has 0 radical (unpaired) electrons. The first-order valence-electron chi connectivity index (χ1n) is 6.37. The minimum absolute atomic E-state index is 0.0754. The van der Waals surface area contributed by atoms with E-state index in [9.17, 15) is 14.3 Å². The first kappa shape index (κ1) is 15.5. The van der Waals surface area contributed by atoms with Gasteiger partial charge in [-0.1, -0.05) is 30.0 Å². The van der Waals surface area contributed by atoms with Crippen LogP contribution in [0.4, 0.5) is 4.39 Å². The second-order valence-corrected chi connectivity index (χ2v) is 5.27. The number of nitrogens with one attached hydrogen (secondary N) is 1. The molecule has 0 fully saturated rings. The van der Waals surface area contributed by atoms with Crippen molar-refractivity contribution in [1.29, 1.82) is 0 Å². The van der Waals surface area contributed by atoms with E-state index in [1.165, 1.54) is 24.0 Å². The third-order valence-corrected chi connectivity index (χ3v) is 4.00. The van der Waals surface area contributed by atoms with E-state index >= 15 is 0 Å². The number of likely N-dealkylation sites (N-methyl/N-ethyl adjacent to an activating group) is 1. The van der Waals surface area contributed by atoms with Crippen LogP contribution in [0.1, 0.15) is 11.3 Å². The third-order valence-electron chi connectivity index (χ3n) is 2.96. The number of imidazole rings is 1. The maximum absolute atomic E-state index is 13.6. The summed E-state index contributed by atoms with van der Waals surface area (Å²) in [5, 5.41) is 12.4. The van der Waals surface area contributed by atoms with Gasteiger partial charge in [-0.05, 0) is 11.6 Å². The van der Waals surface area contributed by atoms with Gasteiger partial charge in [0.2, 0.25) is 5.91 Å². The topological polar surface area (TPSA) is 67.2 Å². The Bertz CT molecular complexity index is 630. The average molecular weight is 309 g/mol. The minimum atomic E-state index is -0.267. The van der Waals surface area contributed by atoms with Crippen LogP contribution in [0.5, 0.6) is 0 Å². The molecule has 112 valence electrons. The summed E-state index contributed by atoms with van der Waals surface area (Å²) in [6.07, 6.45) is 1.52. The van der Waals surface area contributed by atoms with Crippen LogP contribution in [0.2, 0.25) is 0 Å². The average Bonchev–Trinajstić information content (AvgIpc) is 2.88. The Kier molecular flexibility index (Phi) is 5.35. The molecular formula is C14H16FN3O2S. The minimum Gasteiger partial charge on any atom is -0.390 e. The van der Waals surface area contributed by atoms with Crippen LogP contribution < -0.4 is 5.32 Å². The van der Waals surface area contributed by atoms with Crippen molar-refractivity contribution in [2.45, 2.75) is 24.1 Å². The van der Waals surface area contributed by atoms with Crippen LogP contribution >= 0.6 is 11.8 Å². The Labute approximate surface area is 126 Å². The van der Waals surface area contributed by atoms with E-state index in [1.807, 2.05) is 0 Å². The Morgan fingerprint density at radius 1 is 1.48 bits per heavy atom. The Balaban J connectivity index is 2.14. The number of halogens is 1. The zero-order valence-electron chi connectivity index (χ0n) is 11.5. The number of benzene rings is 1. The van der Waals surface area contributed by atoms with Gasteiger partial charge in [-0.25, -0.2) is 9.37 Å². The summed E-state index contributed by atoms with van der Waals surface area (Å²) in [5.74, 6) is -0.0466. The molecule has 0 unspecified atom stereocenters. The van der Waals surface area contributed by atoms with Gasteiger partial charge in [0, 0.05) is 12.8 Å². The lowest BCUT2D eigenvalue weighted by Crippen LogP contribution is -2.24. The monoisotopic (exact) mass is 309 g/mol. The highest BCUT2D eigenvalue weighted by Gasteiger charge is 2.13. The second kappa shape index (κ2) is 7.24. The molecule has 0 spiro atoms. The van der Waals surface area contributed by atoms with E-state index < -0.39 is 0 Å². The molecule has 2 rings (SSSR count). The smallest absolute Gasteiger partial charge is 0.239 e. The number of carbonyl (C=O) groups is 1. The predicted octanol–water partition coefficient (Wildman–Crippen LogP) is 1.55. The molecule has 2 aromatic rings. The maximum atomic E-state index is 13.6. The van der Waals surface area contributed by atoms with E-state index in [2.05, 4.69) is 10.3 Å². The molecule has 0 saturated carbocycles. The Hall–Kier alpha value is -1.86. The van der Waals surface area contributed by atoms with Gasteiger partial charge < -0.3 is 15.0 Å². The van der Waals surface area contributed by atoms with Crippen molar-refractivity contribution in [2.75, 3.05) is 7.05 Å². The molecule has 1 aromatic carbocycles. The molecule has 0 aliphatic carbocycles. The summed E-state index contributed by atoms with van der Waals surface area (Å²) in [6, 6.07) is 6.53. The SMILES string of the molecule is CNC(=O)Cn1c(CO)cnc1SCc1ccccc1F. The lowest BCUT2D eigenvalue weighted by Gasteiger charge is -2.09. The fraction of sp³-hybridized carbons (Fsp3) is 0.286. The van der Waals surface area contributed by atoms with Crippen molar-refractivity contribution in [1.82, 2.24) is 14.9 Å². The lowest BCUT2D eigenvalue weighted by atomic mass is 10.2. The number of carbonyl (C=O) groups excluding carboxylic acids is 1. The summed E-state index contributed by atoms with van der Waals surface area (Å²) >= 11 is 1.32. The van der Waals surface area contributed by atoms with Crippen molar-refractivity contribution < 1.29 is 14.3 Å². The molecular weight excluding hydrogens is 293 g/mol. The van der Waals surface area contributed by atoms with E-state index in [-0.39, 0.29) is 24.9 Å². The highest BCUT2D eigenvalue weighted by atomic mass is 32.2. The molecule has 1 heterocycles. The summed E-state index contributed by atoms with van der Waals surface area (Å²) in [4.78, 5) is 15.7. The molecule has 7 heteroatoms. The van der Waals surface area contributed by atoms with Gasteiger partial charge in [0.1, 0.15) is 12.4 Å². The molecule has 0 bridgehead atoms. The van der Waals surface area contributed by atoms with Crippen molar-refractivity contribution in [3.05, 3.63) is 47.5 Å². The number of nitrogens with zero attached hydrogens (tertiary/aromatic N) is 2. The van der Waals surface area contributed by atoms with E-state index in [4.69, 9.17) is 0 Å². The lowest BCUT2D eigenvalue weighted by molar-refractivity contribution is -0.121. The standard InChI is InChI=1S/C14H16FN3O2S/c1-16-13(20)7-18-11(8-19)6-17-14(18)21-9-10-4-2-3-5-12(10)15/h2-6,19H,7-9H2,1H3,(H,16,20). The van der Waals surface area contributed by atoms with Crippen LogP contribution in [0, 0.1) is 5.82 Å². The number of hydrogen-bond acceptors (Lipinski definition) is 4. The molecule has 5 nitrogen and oxygen atoms in total.